The van der Waals surface area contributed by atoms with Gasteiger partial charge in [-0.3, -0.25) is 9.59 Å². The summed E-state index contributed by atoms with van der Waals surface area (Å²) in [5, 5.41) is 8.85. The Morgan fingerprint density at radius 2 is 2.00 bits per heavy atom. The van der Waals surface area contributed by atoms with Gasteiger partial charge in [-0.15, -0.1) is 0 Å². The van der Waals surface area contributed by atoms with Gasteiger partial charge in [-0.05, 0) is 31.6 Å². The maximum absolute atomic E-state index is 12.4. The van der Waals surface area contributed by atoms with Crippen LogP contribution < -0.4 is 0 Å². The second-order valence-corrected chi connectivity index (χ2v) is 5.44. The smallest absolute Gasteiger partial charge is 0.305 e. The SMILES string of the molecule is CC1CCCC1C(=O)N1CCCC1CC(=O)O. The van der Waals surface area contributed by atoms with Gasteiger partial charge in [-0.2, -0.15) is 0 Å². The third kappa shape index (κ3) is 2.61. The van der Waals surface area contributed by atoms with E-state index >= 15 is 0 Å². The molecule has 2 fully saturated rings. The van der Waals surface area contributed by atoms with Crippen molar-refractivity contribution in [3.05, 3.63) is 0 Å². The first-order valence-electron chi connectivity index (χ1n) is 6.62. The van der Waals surface area contributed by atoms with E-state index in [1.54, 1.807) is 0 Å². The molecular weight excluding hydrogens is 218 g/mol. The molecule has 2 aliphatic rings. The van der Waals surface area contributed by atoms with Gasteiger partial charge in [-0.1, -0.05) is 13.3 Å². The van der Waals surface area contributed by atoms with E-state index in [1.165, 1.54) is 0 Å². The van der Waals surface area contributed by atoms with Crippen LogP contribution in [0, 0.1) is 11.8 Å². The normalized spacial score (nSPS) is 33.0. The summed E-state index contributed by atoms with van der Waals surface area (Å²) in [6.07, 6.45) is 5.15. The largest absolute Gasteiger partial charge is 0.481 e. The summed E-state index contributed by atoms with van der Waals surface area (Å²) >= 11 is 0. The minimum atomic E-state index is -0.797. The zero-order valence-corrected chi connectivity index (χ0v) is 10.4. The molecule has 0 aromatic carbocycles. The molecule has 96 valence electrons. The molecule has 0 radical (unpaired) electrons. The summed E-state index contributed by atoms with van der Waals surface area (Å²) in [4.78, 5) is 25.0. The molecule has 1 saturated heterocycles. The molecule has 3 atom stereocenters. The van der Waals surface area contributed by atoms with Crippen molar-refractivity contribution in [3.63, 3.8) is 0 Å². The molecule has 17 heavy (non-hydrogen) atoms. The zero-order chi connectivity index (χ0) is 12.4. The predicted molar refractivity (Wildman–Crippen MR) is 63.5 cm³/mol. The maximum Gasteiger partial charge on any atom is 0.305 e. The summed E-state index contributed by atoms with van der Waals surface area (Å²) in [5.41, 5.74) is 0. The van der Waals surface area contributed by atoms with Crippen molar-refractivity contribution in [2.24, 2.45) is 11.8 Å². The first-order valence-corrected chi connectivity index (χ1v) is 6.62. The van der Waals surface area contributed by atoms with Gasteiger partial charge in [0.2, 0.25) is 5.91 Å². The van der Waals surface area contributed by atoms with Crippen LogP contribution in [0.25, 0.3) is 0 Å². The maximum atomic E-state index is 12.4. The number of hydrogen-bond donors (Lipinski definition) is 1. The van der Waals surface area contributed by atoms with E-state index in [0.717, 1.165) is 38.6 Å². The highest BCUT2D eigenvalue weighted by molar-refractivity contribution is 5.80. The molecule has 0 bridgehead atoms. The Kier molecular flexibility index (Phi) is 3.69. The van der Waals surface area contributed by atoms with Crippen molar-refractivity contribution in [2.75, 3.05) is 6.54 Å². The van der Waals surface area contributed by atoms with E-state index < -0.39 is 5.97 Å². The van der Waals surface area contributed by atoms with Crippen LogP contribution in [0.4, 0.5) is 0 Å². The van der Waals surface area contributed by atoms with Gasteiger partial charge in [0.25, 0.3) is 0 Å². The monoisotopic (exact) mass is 239 g/mol. The Hall–Kier alpha value is -1.06. The van der Waals surface area contributed by atoms with Gasteiger partial charge in [0.1, 0.15) is 0 Å². The lowest BCUT2D eigenvalue weighted by molar-refractivity contribution is -0.141. The van der Waals surface area contributed by atoms with Crippen LogP contribution in [0.15, 0.2) is 0 Å². The highest BCUT2D eigenvalue weighted by Crippen LogP contribution is 2.34. The molecule has 1 heterocycles. The van der Waals surface area contributed by atoms with E-state index in [-0.39, 0.29) is 24.3 Å². The van der Waals surface area contributed by atoms with Crippen molar-refractivity contribution < 1.29 is 14.7 Å². The Labute approximate surface area is 102 Å². The fourth-order valence-electron chi connectivity index (χ4n) is 3.26. The van der Waals surface area contributed by atoms with Crippen molar-refractivity contribution in [1.29, 1.82) is 0 Å². The highest BCUT2D eigenvalue weighted by Gasteiger charge is 2.37. The fourth-order valence-corrected chi connectivity index (χ4v) is 3.26. The van der Waals surface area contributed by atoms with Crippen molar-refractivity contribution in [1.82, 2.24) is 4.90 Å². The topological polar surface area (TPSA) is 57.6 Å². The Morgan fingerprint density at radius 1 is 1.24 bits per heavy atom. The summed E-state index contributed by atoms with van der Waals surface area (Å²) in [7, 11) is 0. The minimum Gasteiger partial charge on any atom is -0.481 e. The molecule has 3 unspecified atom stereocenters. The molecular formula is C13H21NO3. The number of nitrogens with zero attached hydrogens (tertiary/aromatic N) is 1. The van der Waals surface area contributed by atoms with Crippen LogP contribution in [0.5, 0.6) is 0 Å². The molecule has 4 heteroatoms. The summed E-state index contributed by atoms with van der Waals surface area (Å²) in [6, 6.07) is -0.0622. The lowest BCUT2D eigenvalue weighted by atomic mass is 9.96. The minimum absolute atomic E-state index is 0.0622. The number of likely N-dealkylation sites (tertiary alicyclic amines) is 1. The van der Waals surface area contributed by atoms with E-state index in [2.05, 4.69) is 6.92 Å². The van der Waals surface area contributed by atoms with Crippen LogP contribution in [0.1, 0.15) is 45.4 Å². The second kappa shape index (κ2) is 5.07. The van der Waals surface area contributed by atoms with Gasteiger partial charge in [0.05, 0.1) is 6.42 Å². The fraction of sp³-hybridized carbons (Fsp3) is 0.846. The molecule has 1 amide bonds. The van der Waals surface area contributed by atoms with Gasteiger partial charge in [0.15, 0.2) is 0 Å². The van der Waals surface area contributed by atoms with Crippen molar-refractivity contribution in [3.8, 4) is 0 Å². The van der Waals surface area contributed by atoms with Crippen LogP contribution in [-0.4, -0.2) is 34.5 Å². The lowest BCUT2D eigenvalue weighted by Crippen LogP contribution is -2.41. The summed E-state index contributed by atoms with van der Waals surface area (Å²) in [6.45, 7) is 2.89. The Bertz CT molecular complexity index is 316. The number of carboxylic acid groups (broad SMARTS) is 1. The van der Waals surface area contributed by atoms with Crippen molar-refractivity contribution in [2.45, 2.75) is 51.5 Å². The van der Waals surface area contributed by atoms with Gasteiger partial charge in [-0.25, -0.2) is 0 Å². The molecule has 1 saturated carbocycles. The van der Waals surface area contributed by atoms with Crippen molar-refractivity contribution >= 4 is 11.9 Å². The number of hydrogen-bond acceptors (Lipinski definition) is 2. The van der Waals surface area contributed by atoms with Crippen LogP contribution >= 0.6 is 0 Å². The molecule has 0 aromatic rings. The third-order valence-corrected chi connectivity index (χ3v) is 4.25. The number of rotatable bonds is 3. The van der Waals surface area contributed by atoms with Gasteiger partial charge < -0.3 is 10.0 Å². The van der Waals surface area contributed by atoms with Crippen LogP contribution in [0.3, 0.4) is 0 Å². The van der Waals surface area contributed by atoms with E-state index in [9.17, 15) is 9.59 Å². The summed E-state index contributed by atoms with van der Waals surface area (Å²) in [5.74, 6) is 0.0193. The molecule has 0 spiro atoms. The third-order valence-electron chi connectivity index (χ3n) is 4.25. The molecule has 0 aromatic heterocycles. The van der Waals surface area contributed by atoms with Gasteiger partial charge in [0, 0.05) is 18.5 Å². The lowest BCUT2D eigenvalue weighted by Gasteiger charge is -2.28. The number of carbonyl (C=O) groups is 2. The molecule has 1 N–H and O–H groups in total. The van der Waals surface area contributed by atoms with E-state index in [0.29, 0.717) is 5.92 Å². The number of carbonyl (C=O) groups excluding carboxylic acids is 1. The quantitative estimate of drug-likeness (QED) is 0.818. The Morgan fingerprint density at radius 3 is 2.59 bits per heavy atom. The predicted octanol–water partition coefficient (Wildman–Crippen LogP) is 1.89. The van der Waals surface area contributed by atoms with Crippen LogP contribution in [0.2, 0.25) is 0 Å². The Balaban J connectivity index is 2.00. The number of amides is 1. The second-order valence-electron chi connectivity index (χ2n) is 5.44. The number of carboxylic acids is 1. The molecule has 4 nitrogen and oxygen atoms in total. The first-order chi connectivity index (χ1) is 8.09. The molecule has 1 aliphatic heterocycles. The standard InChI is InChI=1S/C13H21NO3/c1-9-4-2-6-11(9)13(17)14-7-3-5-10(14)8-12(15)16/h9-11H,2-8H2,1H3,(H,15,16). The highest BCUT2D eigenvalue weighted by atomic mass is 16.4. The first kappa shape index (κ1) is 12.4. The van der Waals surface area contributed by atoms with E-state index in [4.69, 9.17) is 5.11 Å². The molecule has 2 rings (SSSR count). The number of aliphatic carboxylic acids is 1. The van der Waals surface area contributed by atoms with Gasteiger partial charge >= 0.3 is 5.97 Å². The summed E-state index contributed by atoms with van der Waals surface area (Å²) < 4.78 is 0. The van der Waals surface area contributed by atoms with Crippen LogP contribution in [-0.2, 0) is 9.59 Å². The molecule has 1 aliphatic carbocycles. The average Bonchev–Trinajstić information content (AvgIpc) is 2.85. The average molecular weight is 239 g/mol. The van der Waals surface area contributed by atoms with E-state index in [1.807, 2.05) is 4.90 Å². The zero-order valence-electron chi connectivity index (χ0n) is 10.4.